The summed E-state index contributed by atoms with van der Waals surface area (Å²) in [5.74, 6) is 0. The zero-order chi connectivity index (χ0) is 24.9. The van der Waals surface area contributed by atoms with E-state index in [0.717, 1.165) is 13.1 Å². The van der Waals surface area contributed by atoms with Gasteiger partial charge in [0.15, 0.2) is 0 Å². The third-order valence-corrected chi connectivity index (χ3v) is 8.36. The van der Waals surface area contributed by atoms with Crippen molar-refractivity contribution < 1.29 is 0 Å². The van der Waals surface area contributed by atoms with Crippen molar-refractivity contribution in [2.75, 3.05) is 26.2 Å². The number of hydrogen-bond acceptors (Lipinski definition) is 2. The molecule has 0 aromatic rings. The van der Waals surface area contributed by atoms with E-state index in [1.807, 2.05) is 0 Å². The summed E-state index contributed by atoms with van der Waals surface area (Å²) in [6, 6.07) is 0. The lowest BCUT2D eigenvalue weighted by Gasteiger charge is -2.23. The van der Waals surface area contributed by atoms with Crippen LogP contribution in [-0.2, 0) is 0 Å². The standard InChI is InChI=1S/C34H58N2/c1-3-7-11-15-19-27-35-29-22-26-34(32-35)24-18-14-10-6-2-4-8-12-16-20-28-36-30-21-25-33(31-36)23-17-13-9-5-1/h21-22,25-26,31-32H,1-20,23-24,27-30H2. The van der Waals surface area contributed by atoms with Gasteiger partial charge in [0.05, 0.1) is 0 Å². The molecule has 0 aromatic heterocycles. The lowest BCUT2D eigenvalue weighted by atomic mass is 10.0. The maximum atomic E-state index is 2.56. The summed E-state index contributed by atoms with van der Waals surface area (Å²) in [7, 11) is 0. The second-order valence-corrected chi connectivity index (χ2v) is 11.8. The molecular formula is C34H58N2. The summed E-state index contributed by atoms with van der Waals surface area (Å²) in [6.45, 7) is 4.74. The molecule has 3 aliphatic rings. The van der Waals surface area contributed by atoms with Gasteiger partial charge >= 0.3 is 0 Å². The van der Waals surface area contributed by atoms with Crippen LogP contribution in [0.2, 0.25) is 0 Å². The smallest absolute Gasteiger partial charge is 0.0357 e. The van der Waals surface area contributed by atoms with Gasteiger partial charge in [-0.25, -0.2) is 0 Å². The van der Waals surface area contributed by atoms with Crippen LogP contribution >= 0.6 is 0 Å². The lowest BCUT2D eigenvalue weighted by Crippen LogP contribution is -2.21. The summed E-state index contributed by atoms with van der Waals surface area (Å²) in [5.41, 5.74) is 3.13. The van der Waals surface area contributed by atoms with E-state index < -0.39 is 0 Å². The van der Waals surface area contributed by atoms with Crippen LogP contribution in [0.1, 0.15) is 141 Å². The average Bonchev–Trinajstić information content (AvgIpc) is 2.90. The molecule has 0 N–H and O–H groups in total. The summed E-state index contributed by atoms with van der Waals surface area (Å²) in [6.07, 6.45) is 45.4. The first-order valence-electron chi connectivity index (χ1n) is 16.1. The molecule has 0 fully saturated rings. The van der Waals surface area contributed by atoms with E-state index in [-0.39, 0.29) is 0 Å². The van der Waals surface area contributed by atoms with Crippen molar-refractivity contribution in [3.05, 3.63) is 47.9 Å². The summed E-state index contributed by atoms with van der Waals surface area (Å²) < 4.78 is 0. The van der Waals surface area contributed by atoms with Crippen LogP contribution in [0.4, 0.5) is 0 Å². The van der Waals surface area contributed by atoms with Crippen LogP contribution in [0, 0.1) is 0 Å². The Balaban J connectivity index is 1.33. The third kappa shape index (κ3) is 13.8. The first-order chi connectivity index (χ1) is 17.9. The molecular weight excluding hydrogens is 436 g/mol. The molecule has 36 heavy (non-hydrogen) atoms. The van der Waals surface area contributed by atoms with Gasteiger partial charge in [0.25, 0.3) is 0 Å². The summed E-state index contributed by atoms with van der Waals surface area (Å²) >= 11 is 0. The van der Waals surface area contributed by atoms with Gasteiger partial charge < -0.3 is 9.80 Å². The Kier molecular flexibility index (Phi) is 15.9. The minimum atomic E-state index is 1.12. The number of nitrogens with zero attached hydrogens (tertiary/aromatic N) is 2. The largest absolute Gasteiger partial charge is 0.373 e. The second kappa shape index (κ2) is 19.6. The van der Waals surface area contributed by atoms with Crippen LogP contribution in [0.3, 0.4) is 0 Å². The minimum Gasteiger partial charge on any atom is -0.373 e. The summed E-state index contributed by atoms with van der Waals surface area (Å²) in [5, 5.41) is 0. The number of allylic oxidation sites excluding steroid dienone is 4. The molecule has 0 saturated carbocycles. The molecule has 3 aliphatic heterocycles. The predicted molar refractivity (Wildman–Crippen MR) is 159 cm³/mol. The van der Waals surface area contributed by atoms with Crippen LogP contribution in [0.15, 0.2) is 47.9 Å². The van der Waals surface area contributed by atoms with Crippen molar-refractivity contribution in [2.45, 2.75) is 141 Å². The normalized spacial score (nSPS) is 24.0. The Hall–Kier alpha value is -1.44. The van der Waals surface area contributed by atoms with Gasteiger partial charge in [-0.05, 0) is 49.7 Å². The molecule has 3 heterocycles. The molecule has 0 aromatic carbocycles. The van der Waals surface area contributed by atoms with E-state index in [4.69, 9.17) is 0 Å². The first-order valence-corrected chi connectivity index (χ1v) is 16.1. The van der Waals surface area contributed by atoms with Gasteiger partial charge in [0.2, 0.25) is 0 Å². The molecule has 2 heteroatoms. The predicted octanol–water partition coefficient (Wildman–Crippen LogP) is 10.1. The average molecular weight is 495 g/mol. The van der Waals surface area contributed by atoms with Crippen molar-refractivity contribution in [3.8, 4) is 0 Å². The van der Waals surface area contributed by atoms with Crippen molar-refractivity contribution in [1.82, 2.24) is 9.80 Å². The zero-order valence-electron chi connectivity index (χ0n) is 23.7. The molecule has 4 bridgehead atoms. The highest BCUT2D eigenvalue weighted by Crippen LogP contribution is 2.20. The van der Waals surface area contributed by atoms with Gasteiger partial charge in [0.1, 0.15) is 0 Å². The molecule has 0 saturated heterocycles. The maximum absolute atomic E-state index is 2.56. The molecule has 0 amide bonds. The number of rotatable bonds is 0. The fourth-order valence-electron chi connectivity index (χ4n) is 6.06. The van der Waals surface area contributed by atoms with Crippen LogP contribution in [0.5, 0.6) is 0 Å². The molecule has 204 valence electrons. The van der Waals surface area contributed by atoms with Crippen molar-refractivity contribution >= 4 is 0 Å². The van der Waals surface area contributed by atoms with E-state index in [9.17, 15) is 0 Å². The quantitative estimate of drug-likeness (QED) is 0.330. The van der Waals surface area contributed by atoms with Crippen LogP contribution in [-0.4, -0.2) is 36.0 Å². The Labute approximate surface area is 225 Å². The third-order valence-electron chi connectivity index (χ3n) is 8.36. The monoisotopic (exact) mass is 494 g/mol. The first kappa shape index (κ1) is 29.1. The highest BCUT2D eigenvalue weighted by molar-refractivity contribution is 5.22. The molecule has 0 aliphatic carbocycles. The highest BCUT2D eigenvalue weighted by atomic mass is 15.1. The van der Waals surface area contributed by atoms with E-state index >= 15 is 0 Å². The molecule has 2 nitrogen and oxygen atoms in total. The van der Waals surface area contributed by atoms with Gasteiger partial charge in [-0.15, -0.1) is 0 Å². The Morgan fingerprint density at radius 1 is 0.361 bits per heavy atom. The van der Waals surface area contributed by atoms with E-state index in [0.29, 0.717) is 0 Å². The van der Waals surface area contributed by atoms with Crippen molar-refractivity contribution in [2.24, 2.45) is 0 Å². The maximum Gasteiger partial charge on any atom is 0.0357 e. The van der Waals surface area contributed by atoms with E-state index in [2.05, 4.69) is 46.5 Å². The SMILES string of the molecule is C1=CC2=CN(C1)CCCCCCCCCCCCC1=CN(CC=C1)CCCCCCCCCCCC2. The van der Waals surface area contributed by atoms with E-state index in [1.54, 1.807) is 11.1 Å². The lowest BCUT2D eigenvalue weighted by molar-refractivity contribution is 0.386. The van der Waals surface area contributed by atoms with Crippen LogP contribution < -0.4 is 0 Å². The molecule has 3 rings (SSSR count). The zero-order valence-corrected chi connectivity index (χ0v) is 23.7. The Morgan fingerprint density at radius 2 is 0.667 bits per heavy atom. The van der Waals surface area contributed by atoms with Gasteiger partial charge in [-0.3, -0.25) is 0 Å². The molecule has 0 spiro atoms. The number of fused-ring (bicyclic) bond motifs is 2. The topological polar surface area (TPSA) is 6.48 Å². The van der Waals surface area contributed by atoms with Gasteiger partial charge in [-0.1, -0.05) is 127 Å². The highest BCUT2D eigenvalue weighted by Gasteiger charge is 2.07. The fraction of sp³-hybridized carbons (Fsp3) is 0.765. The van der Waals surface area contributed by atoms with Crippen molar-refractivity contribution in [3.63, 3.8) is 0 Å². The minimum absolute atomic E-state index is 1.12. The molecule has 0 unspecified atom stereocenters. The van der Waals surface area contributed by atoms with Gasteiger partial charge in [0, 0.05) is 38.6 Å². The Bertz CT molecular complexity index is 613. The van der Waals surface area contributed by atoms with Gasteiger partial charge in [-0.2, -0.15) is 0 Å². The molecule has 0 radical (unpaired) electrons. The van der Waals surface area contributed by atoms with E-state index in [1.165, 1.54) is 154 Å². The fourth-order valence-corrected chi connectivity index (χ4v) is 6.06. The van der Waals surface area contributed by atoms with Crippen molar-refractivity contribution in [1.29, 1.82) is 0 Å². The summed E-state index contributed by atoms with van der Waals surface area (Å²) in [4.78, 5) is 5.12. The second-order valence-electron chi connectivity index (χ2n) is 11.8. The molecule has 0 atom stereocenters. The number of hydrogen-bond donors (Lipinski definition) is 0. The Morgan fingerprint density at radius 3 is 1.03 bits per heavy atom. The van der Waals surface area contributed by atoms with Crippen LogP contribution in [0.25, 0.3) is 0 Å².